The smallest absolute Gasteiger partial charge is 0.353 e. The summed E-state index contributed by atoms with van der Waals surface area (Å²) in [5, 5.41) is 22.4. The van der Waals surface area contributed by atoms with Gasteiger partial charge in [-0.05, 0) is 6.92 Å². The Balaban J connectivity index is 3.24. The lowest BCUT2D eigenvalue weighted by Crippen LogP contribution is -2.30. The fourth-order valence-electron chi connectivity index (χ4n) is 1.46. The van der Waals surface area contributed by atoms with Crippen molar-refractivity contribution in [3.63, 3.8) is 0 Å². The number of nitro groups is 1. The standard InChI is InChI=1S/C10H14N6O2/c1-7(4-5-11)15(3)10-8(16(17)18)9(12-2)13-6-14-10/h6-7H,4H2,1-3H3,(H,12,13,14). The summed E-state index contributed by atoms with van der Waals surface area (Å²) in [6.07, 6.45) is 1.51. The van der Waals surface area contributed by atoms with E-state index in [4.69, 9.17) is 5.26 Å². The highest BCUT2D eigenvalue weighted by Gasteiger charge is 2.26. The molecule has 0 fully saturated rings. The largest absolute Gasteiger partial charge is 0.367 e. The van der Waals surface area contributed by atoms with Crippen LogP contribution < -0.4 is 10.2 Å². The van der Waals surface area contributed by atoms with Crippen LogP contribution in [-0.2, 0) is 0 Å². The third-order valence-electron chi connectivity index (χ3n) is 2.60. The molecule has 0 aliphatic rings. The molecule has 1 N–H and O–H groups in total. The number of hydrogen-bond donors (Lipinski definition) is 1. The van der Waals surface area contributed by atoms with Gasteiger partial charge in [-0.25, -0.2) is 9.97 Å². The highest BCUT2D eigenvalue weighted by molar-refractivity contribution is 5.70. The molecule has 8 heteroatoms. The van der Waals surface area contributed by atoms with Crippen LogP contribution in [0.2, 0.25) is 0 Å². The summed E-state index contributed by atoms with van der Waals surface area (Å²) < 4.78 is 0. The summed E-state index contributed by atoms with van der Waals surface area (Å²) in [5.74, 6) is 0.350. The van der Waals surface area contributed by atoms with Gasteiger partial charge in [0.2, 0.25) is 11.6 Å². The van der Waals surface area contributed by atoms with E-state index in [9.17, 15) is 10.1 Å². The van der Waals surface area contributed by atoms with E-state index in [0.717, 1.165) is 0 Å². The molecule has 0 saturated heterocycles. The highest BCUT2D eigenvalue weighted by atomic mass is 16.6. The molecule has 18 heavy (non-hydrogen) atoms. The van der Waals surface area contributed by atoms with Crippen molar-refractivity contribution < 1.29 is 4.92 Å². The molecule has 1 atom stereocenters. The van der Waals surface area contributed by atoms with E-state index in [0.29, 0.717) is 0 Å². The molecular formula is C10H14N6O2. The Morgan fingerprint density at radius 2 is 2.33 bits per heavy atom. The number of anilines is 2. The molecule has 1 aromatic rings. The van der Waals surface area contributed by atoms with Crippen LogP contribution in [0.25, 0.3) is 0 Å². The van der Waals surface area contributed by atoms with Crippen molar-refractivity contribution >= 4 is 17.3 Å². The zero-order chi connectivity index (χ0) is 13.7. The van der Waals surface area contributed by atoms with Crippen molar-refractivity contribution in [1.82, 2.24) is 9.97 Å². The molecule has 1 rings (SSSR count). The van der Waals surface area contributed by atoms with Crippen molar-refractivity contribution in [2.45, 2.75) is 19.4 Å². The van der Waals surface area contributed by atoms with E-state index in [2.05, 4.69) is 15.3 Å². The molecule has 1 heterocycles. The Morgan fingerprint density at radius 3 is 2.83 bits per heavy atom. The lowest BCUT2D eigenvalue weighted by atomic mass is 10.2. The molecular weight excluding hydrogens is 236 g/mol. The first-order chi connectivity index (χ1) is 8.52. The van der Waals surface area contributed by atoms with Gasteiger partial charge in [-0.1, -0.05) is 0 Å². The van der Waals surface area contributed by atoms with Crippen LogP contribution in [0.4, 0.5) is 17.3 Å². The van der Waals surface area contributed by atoms with Crippen LogP contribution in [0.1, 0.15) is 13.3 Å². The predicted molar refractivity (Wildman–Crippen MR) is 66.3 cm³/mol. The number of nitriles is 1. The fourth-order valence-corrected chi connectivity index (χ4v) is 1.46. The van der Waals surface area contributed by atoms with Gasteiger partial charge in [-0.3, -0.25) is 10.1 Å². The minimum atomic E-state index is -0.531. The summed E-state index contributed by atoms with van der Waals surface area (Å²) in [5.41, 5.74) is -0.188. The molecule has 0 aliphatic heterocycles. The normalized spacial score (nSPS) is 11.4. The number of hydrogen-bond acceptors (Lipinski definition) is 7. The van der Waals surface area contributed by atoms with Gasteiger partial charge < -0.3 is 10.2 Å². The van der Waals surface area contributed by atoms with Gasteiger partial charge in [0.25, 0.3) is 0 Å². The third-order valence-corrected chi connectivity index (χ3v) is 2.60. The van der Waals surface area contributed by atoms with Crippen LogP contribution >= 0.6 is 0 Å². The van der Waals surface area contributed by atoms with Crippen molar-refractivity contribution in [1.29, 1.82) is 5.26 Å². The van der Waals surface area contributed by atoms with Gasteiger partial charge >= 0.3 is 5.69 Å². The van der Waals surface area contributed by atoms with Crippen molar-refractivity contribution in [2.24, 2.45) is 0 Å². The van der Waals surface area contributed by atoms with Gasteiger partial charge in [-0.15, -0.1) is 0 Å². The Kier molecular flexibility index (Phi) is 4.37. The van der Waals surface area contributed by atoms with Crippen molar-refractivity contribution in [3.05, 3.63) is 16.4 Å². The van der Waals surface area contributed by atoms with E-state index >= 15 is 0 Å². The average Bonchev–Trinajstić information content (AvgIpc) is 2.36. The average molecular weight is 250 g/mol. The van der Waals surface area contributed by atoms with Crippen molar-refractivity contribution in [3.8, 4) is 6.07 Å². The van der Waals surface area contributed by atoms with E-state index in [1.54, 1.807) is 25.9 Å². The van der Waals surface area contributed by atoms with Gasteiger partial charge in [0.1, 0.15) is 6.33 Å². The second-order valence-corrected chi connectivity index (χ2v) is 3.72. The first-order valence-corrected chi connectivity index (χ1v) is 5.29. The number of nitrogens with zero attached hydrogens (tertiary/aromatic N) is 5. The minimum Gasteiger partial charge on any atom is -0.367 e. The van der Waals surface area contributed by atoms with Gasteiger partial charge in [0.15, 0.2) is 0 Å². The van der Waals surface area contributed by atoms with Gasteiger partial charge in [0, 0.05) is 20.1 Å². The molecule has 1 unspecified atom stereocenters. The monoisotopic (exact) mass is 250 g/mol. The van der Waals surface area contributed by atoms with E-state index < -0.39 is 4.92 Å². The minimum absolute atomic E-state index is 0.154. The molecule has 0 amide bonds. The molecule has 0 bridgehead atoms. The Hall–Kier alpha value is -2.43. The molecule has 0 aromatic carbocycles. The van der Waals surface area contributed by atoms with Crippen molar-refractivity contribution in [2.75, 3.05) is 24.3 Å². The third kappa shape index (κ3) is 2.63. The van der Waals surface area contributed by atoms with Crippen LogP contribution in [0.3, 0.4) is 0 Å². The van der Waals surface area contributed by atoms with Crippen LogP contribution in [0.15, 0.2) is 6.33 Å². The second-order valence-electron chi connectivity index (χ2n) is 3.72. The maximum atomic E-state index is 11.1. The lowest BCUT2D eigenvalue weighted by Gasteiger charge is -2.23. The molecule has 96 valence electrons. The molecule has 0 radical (unpaired) electrons. The van der Waals surface area contributed by atoms with Crippen LogP contribution in [0.5, 0.6) is 0 Å². The first-order valence-electron chi connectivity index (χ1n) is 5.29. The summed E-state index contributed by atoms with van der Waals surface area (Å²) in [6.45, 7) is 1.80. The zero-order valence-electron chi connectivity index (χ0n) is 10.4. The summed E-state index contributed by atoms with van der Waals surface area (Å²) in [4.78, 5) is 19.9. The predicted octanol–water partition coefficient (Wildman–Crippen LogP) is 1.16. The fraction of sp³-hybridized carbons (Fsp3) is 0.500. The molecule has 1 aromatic heterocycles. The first kappa shape index (κ1) is 13.6. The van der Waals surface area contributed by atoms with Gasteiger partial charge in [0.05, 0.1) is 17.4 Å². The second kappa shape index (κ2) is 5.77. The summed E-state index contributed by atoms with van der Waals surface area (Å²) >= 11 is 0. The van der Waals surface area contributed by atoms with E-state index in [1.807, 2.05) is 6.07 Å². The topological polar surface area (TPSA) is 108 Å². The van der Waals surface area contributed by atoms with Crippen LogP contribution in [-0.4, -0.2) is 35.0 Å². The Morgan fingerprint density at radius 1 is 1.67 bits per heavy atom. The quantitative estimate of drug-likeness (QED) is 0.617. The number of nitrogens with one attached hydrogen (secondary N) is 1. The SMILES string of the molecule is CNc1ncnc(N(C)C(C)CC#N)c1[N+](=O)[O-]. The molecule has 0 aliphatic carbocycles. The molecule has 0 saturated carbocycles. The maximum Gasteiger partial charge on any atom is 0.353 e. The maximum absolute atomic E-state index is 11.1. The molecule has 8 nitrogen and oxygen atoms in total. The van der Waals surface area contributed by atoms with E-state index in [-0.39, 0.29) is 29.8 Å². The van der Waals surface area contributed by atoms with E-state index in [1.165, 1.54) is 6.33 Å². The highest BCUT2D eigenvalue weighted by Crippen LogP contribution is 2.31. The lowest BCUT2D eigenvalue weighted by molar-refractivity contribution is -0.383. The number of rotatable bonds is 5. The Bertz CT molecular complexity index is 484. The summed E-state index contributed by atoms with van der Waals surface area (Å²) in [6, 6.07) is 1.85. The van der Waals surface area contributed by atoms with Crippen LogP contribution in [0, 0.1) is 21.4 Å². The summed E-state index contributed by atoms with van der Waals surface area (Å²) in [7, 11) is 3.22. The molecule has 0 spiro atoms. The number of aromatic nitrogens is 2. The Labute approximate surface area is 104 Å². The van der Waals surface area contributed by atoms with Gasteiger partial charge in [-0.2, -0.15) is 5.26 Å². The zero-order valence-corrected chi connectivity index (χ0v) is 10.4.